The number of amides is 1. The van der Waals surface area contributed by atoms with Crippen LogP contribution in [0.15, 0.2) is 18.7 Å². The first-order valence-corrected chi connectivity index (χ1v) is 8.55. The Kier molecular flexibility index (Phi) is 4.79. The summed E-state index contributed by atoms with van der Waals surface area (Å²) >= 11 is 1.41. The second-order valence-electron chi connectivity index (χ2n) is 6.29. The fourth-order valence-electron chi connectivity index (χ4n) is 2.08. The van der Waals surface area contributed by atoms with Crippen molar-refractivity contribution in [1.82, 2.24) is 25.1 Å². The maximum absolute atomic E-state index is 11.7. The lowest BCUT2D eigenvalue weighted by atomic mass is 10.2. The zero-order valence-electron chi connectivity index (χ0n) is 14.2. The van der Waals surface area contributed by atoms with Crippen LogP contribution in [0.5, 0.6) is 0 Å². The molecule has 0 saturated heterocycles. The van der Waals surface area contributed by atoms with Gasteiger partial charge in [-0.25, -0.2) is 19.7 Å². The Morgan fingerprint density at radius 3 is 2.92 bits per heavy atom. The first kappa shape index (κ1) is 17.1. The van der Waals surface area contributed by atoms with Gasteiger partial charge in [0.1, 0.15) is 23.0 Å². The maximum atomic E-state index is 11.7. The average Bonchev–Trinajstić information content (AvgIpc) is 3.14. The van der Waals surface area contributed by atoms with Gasteiger partial charge in [0.05, 0.1) is 6.20 Å². The Hall–Kier alpha value is -2.75. The van der Waals surface area contributed by atoms with Gasteiger partial charge in [-0.15, -0.1) is 11.3 Å². The van der Waals surface area contributed by atoms with Crippen molar-refractivity contribution in [2.75, 3.05) is 17.2 Å². The van der Waals surface area contributed by atoms with E-state index in [1.807, 2.05) is 20.8 Å². The van der Waals surface area contributed by atoms with Crippen molar-refractivity contribution in [3.05, 3.63) is 23.6 Å². The van der Waals surface area contributed by atoms with E-state index in [0.29, 0.717) is 17.5 Å². The molecule has 10 heteroatoms. The zero-order valence-corrected chi connectivity index (χ0v) is 15.0. The number of fused-ring (bicyclic) bond motifs is 1. The molecule has 3 rings (SSSR count). The third-order valence-electron chi connectivity index (χ3n) is 3.07. The van der Waals surface area contributed by atoms with Crippen LogP contribution in [-0.4, -0.2) is 43.4 Å². The fraction of sp³-hybridized carbons (Fsp3) is 0.400. The van der Waals surface area contributed by atoms with Gasteiger partial charge >= 0.3 is 6.09 Å². The summed E-state index contributed by atoms with van der Waals surface area (Å²) in [7, 11) is 0. The number of carbonyl (C=O) groups is 1. The molecule has 0 saturated carbocycles. The van der Waals surface area contributed by atoms with Gasteiger partial charge in [0.15, 0.2) is 10.9 Å². The monoisotopic (exact) mass is 361 g/mol. The molecular weight excluding hydrogens is 342 g/mol. The van der Waals surface area contributed by atoms with E-state index in [1.165, 1.54) is 17.7 Å². The molecule has 9 nitrogen and oxygen atoms in total. The number of hydrogen-bond donors (Lipinski definition) is 3. The lowest BCUT2D eigenvalue weighted by Gasteiger charge is -2.18. The summed E-state index contributed by atoms with van der Waals surface area (Å²) in [5.41, 5.74) is 1.00. The number of nitrogens with zero attached hydrogens (tertiary/aromatic N) is 4. The molecule has 3 heterocycles. The first-order chi connectivity index (χ1) is 11.9. The Morgan fingerprint density at radius 2 is 2.12 bits per heavy atom. The smallest absolute Gasteiger partial charge is 0.413 e. The van der Waals surface area contributed by atoms with Gasteiger partial charge in [-0.1, -0.05) is 0 Å². The van der Waals surface area contributed by atoms with E-state index in [1.54, 1.807) is 12.4 Å². The lowest BCUT2D eigenvalue weighted by Crippen LogP contribution is -2.27. The van der Waals surface area contributed by atoms with Crippen molar-refractivity contribution in [2.24, 2.45) is 0 Å². The van der Waals surface area contributed by atoms with Gasteiger partial charge in [0.2, 0.25) is 0 Å². The first-order valence-electron chi connectivity index (χ1n) is 7.73. The molecule has 0 aliphatic heterocycles. The van der Waals surface area contributed by atoms with Gasteiger partial charge in [-0.05, 0) is 20.8 Å². The minimum absolute atomic E-state index is 0.505. The molecule has 0 aromatic carbocycles. The molecule has 3 aromatic rings. The Bertz CT molecular complexity index is 868. The van der Waals surface area contributed by atoms with Crippen LogP contribution < -0.4 is 10.6 Å². The van der Waals surface area contributed by atoms with E-state index in [-0.39, 0.29) is 0 Å². The maximum Gasteiger partial charge on any atom is 0.413 e. The molecule has 3 N–H and O–H groups in total. The third kappa shape index (κ3) is 4.63. The highest BCUT2D eigenvalue weighted by atomic mass is 32.1. The molecule has 132 valence electrons. The molecule has 0 aliphatic carbocycles. The number of nitrogens with one attached hydrogen (secondary N) is 3. The van der Waals surface area contributed by atoms with Crippen LogP contribution in [0.3, 0.4) is 0 Å². The van der Waals surface area contributed by atoms with Crippen LogP contribution in [0.2, 0.25) is 0 Å². The molecule has 1 amide bonds. The molecule has 0 atom stereocenters. The normalized spacial score (nSPS) is 11.5. The topological polar surface area (TPSA) is 118 Å². The van der Waals surface area contributed by atoms with Crippen molar-refractivity contribution in [3.63, 3.8) is 0 Å². The quantitative estimate of drug-likeness (QED) is 0.639. The summed E-state index contributed by atoms with van der Waals surface area (Å²) in [6.07, 6.45) is 5.13. The van der Waals surface area contributed by atoms with Crippen LogP contribution in [0.25, 0.3) is 11.0 Å². The van der Waals surface area contributed by atoms with Gasteiger partial charge in [0.25, 0.3) is 0 Å². The lowest BCUT2D eigenvalue weighted by molar-refractivity contribution is 0.0636. The second-order valence-corrected chi connectivity index (χ2v) is 7.40. The van der Waals surface area contributed by atoms with Crippen molar-refractivity contribution >= 4 is 39.4 Å². The van der Waals surface area contributed by atoms with Crippen molar-refractivity contribution in [2.45, 2.75) is 32.8 Å². The number of hydrogen-bond acceptors (Lipinski definition) is 8. The highest BCUT2D eigenvalue weighted by Crippen LogP contribution is 2.20. The predicted molar refractivity (Wildman–Crippen MR) is 95.8 cm³/mol. The van der Waals surface area contributed by atoms with E-state index < -0.39 is 11.7 Å². The SMILES string of the molecule is CC(C)(C)OC(=O)Nc1ncc(CCNc2ncnc3cn[nH]c23)s1. The van der Waals surface area contributed by atoms with Gasteiger partial charge in [-0.3, -0.25) is 10.4 Å². The number of rotatable bonds is 5. The van der Waals surface area contributed by atoms with Crippen LogP contribution in [0.1, 0.15) is 25.6 Å². The van der Waals surface area contributed by atoms with E-state index in [0.717, 1.165) is 22.3 Å². The second kappa shape index (κ2) is 7.01. The number of thiazole rings is 1. The minimum atomic E-state index is -0.538. The highest BCUT2D eigenvalue weighted by molar-refractivity contribution is 7.15. The summed E-state index contributed by atoms with van der Waals surface area (Å²) in [4.78, 5) is 25.3. The number of anilines is 2. The Balaban J connectivity index is 1.52. The summed E-state index contributed by atoms with van der Waals surface area (Å²) in [5.74, 6) is 0.708. The Morgan fingerprint density at radius 1 is 1.28 bits per heavy atom. The van der Waals surface area contributed by atoms with Gasteiger partial charge in [0, 0.05) is 24.0 Å². The average molecular weight is 361 g/mol. The molecule has 25 heavy (non-hydrogen) atoms. The van der Waals surface area contributed by atoms with Crippen LogP contribution >= 0.6 is 11.3 Å². The summed E-state index contributed by atoms with van der Waals surface area (Å²) in [6, 6.07) is 0. The summed E-state index contributed by atoms with van der Waals surface area (Å²) < 4.78 is 5.20. The van der Waals surface area contributed by atoms with Crippen LogP contribution in [-0.2, 0) is 11.2 Å². The Labute approximate surface area is 148 Å². The number of aromatic amines is 1. The van der Waals surface area contributed by atoms with E-state index in [4.69, 9.17) is 4.74 Å². The molecule has 0 aliphatic rings. The minimum Gasteiger partial charge on any atom is -0.444 e. The zero-order chi connectivity index (χ0) is 17.9. The van der Waals surface area contributed by atoms with Crippen LogP contribution in [0.4, 0.5) is 15.7 Å². The largest absolute Gasteiger partial charge is 0.444 e. The van der Waals surface area contributed by atoms with Crippen molar-refractivity contribution in [3.8, 4) is 0 Å². The third-order valence-corrected chi connectivity index (χ3v) is 4.04. The molecular formula is C15H19N7O2S. The number of ether oxygens (including phenoxy) is 1. The number of aromatic nitrogens is 5. The summed E-state index contributed by atoms with van der Waals surface area (Å²) in [6.45, 7) is 6.11. The summed E-state index contributed by atoms with van der Waals surface area (Å²) in [5, 5.41) is 13.2. The molecule has 0 spiro atoms. The number of H-pyrrole nitrogens is 1. The predicted octanol–water partition coefficient (Wildman–Crippen LogP) is 2.81. The van der Waals surface area contributed by atoms with E-state index >= 15 is 0 Å². The highest BCUT2D eigenvalue weighted by Gasteiger charge is 2.17. The standard InChI is InChI=1S/C15H19N7O2S/c1-15(2,3)24-14(23)21-13-17-6-9(25-13)4-5-16-12-11-10(7-20-22-11)18-8-19-12/h6-8H,4-5H2,1-3H3,(H,20,22)(H,16,18,19)(H,17,21,23). The van der Waals surface area contributed by atoms with Gasteiger partial charge < -0.3 is 10.1 Å². The molecule has 0 unspecified atom stereocenters. The van der Waals surface area contributed by atoms with Gasteiger partial charge in [-0.2, -0.15) is 5.10 Å². The van der Waals surface area contributed by atoms with Crippen molar-refractivity contribution < 1.29 is 9.53 Å². The van der Waals surface area contributed by atoms with Crippen molar-refractivity contribution in [1.29, 1.82) is 0 Å². The number of carbonyl (C=O) groups excluding carboxylic acids is 1. The molecule has 0 bridgehead atoms. The van der Waals surface area contributed by atoms with Crippen LogP contribution in [0, 0.1) is 0 Å². The van der Waals surface area contributed by atoms with E-state index in [9.17, 15) is 4.79 Å². The fourth-order valence-corrected chi connectivity index (χ4v) is 2.87. The molecule has 0 radical (unpaired) electrons. The molecule has 3 aromatic heterocycles. The molecule has 0 fully saturated rings. The van der Waals surface area contributed by atoms with E-state index in [2.05, 4.69) is 35.8 Å².